The van der Waals surface area contributed by atoms with E-state index in [1.165, 1.54) is 31.7 Å². The van der Waals surface area contributed by atoms with Gasteiger partial charge in [0.1, 0.15) is 0 Å². The SMILES string of the molecule is Cc1cc([N+](=O)[O-])ccc1/N=C1/SCC2(CCCC2)N1C(C)C. The number of hydrogen-bond acceptors (Lipinski definition) is 4. The van der Waals surface area contributed by atoms with Gasteiger partial charge in [0.15, 0.2) is 5.17 Å². The highest BCUT2D eigenvalue weighted by Gasteiger charge is 2.47. The van der Waals surface area contributed by atoms with Gasteiger partial charge in [-0.25, -0.2) is 4.99 Å². The van der Waals surface area contributed by atoms with Crippen LogP contribution < -0.4 is 0 Å². The number of aliphatic imine (C=N–C) groups is 1. The molecule has 1 saturated carbocycles. The maximum absolute atomic E-state index is 10.9. The minimum atomic E-state index is -0.359. The number of aryl methyl sites for hydroxylation is 1. The summed E-state index contributed by atoms with van der Waals surface area (Å²) in [6.45, 7) is 6.34. The van der Waals surface area contributed by atoms with Gasteiger partial charge in [0.25, 0.3) is 5.69 Å². The van der Waals surface area contributed by atoms with Crippen molar-refractivity contribution in [3.63, 3.8) is 0 Å². The van der Waals surface area contributed by atoms with Gasteiger partial charge in [-0.3, -0.25) is 10.1 Å². The quantitative estimate of drug-likeness (QED) is 0.596. The van der Waals surface area contributed by atoms with E-state index in [1.54, 1.807) is 12.1 Å². The predicted octanol–water partition coefficient (Wildman–Crippen LogP) is 4.66. The number of amidine groups is 1. The number of nitro benzene ring substituents is 1. The maximum atomic E-state index is 10.9. The average molecular weight is 333 g/mol. The average Bonchev–Trinajstić information content (AvgIpc) is 3.09. The first-order valence-corrected chi connectivity index (χ1v) is 9.17. The molecule has 3 rings (SSSR count). The van der Waals surface area contributed by atoms with Crippen molar-refractivity contribution in [2.24, 2.45) is 4.99 Å². The Morgan fingerprint density at radius 2 is 2.04 bits per heavy atom. The van der Waals surface area contributed by atoms with Crippen LogP contribution in [0, 0.1) is 17.0 Å². The second-order valence-corrected chi connectivity index (χ2v) is 7.75. The first kappa shape index (κ1) is 16.3. The number of nitro groups is 1. The van der Waals surface area contributed by atoms with E-state index in [1.807, 2.05) is 18.7 Å². The Bertz CT molecular complexity index is 651. The van der Waals surface area contributed by atoms with Crippen LogP contribution in [-0.4, -0.2) is 32.3 Å². The molecule has 6 heteroatoms. The van der Waals surface area contributed by atoms with E-state index in [2.05, 4.69) is 18.7 Å². The van der Waals surface area contributed by atoms with Crippen LogP contribution in [0.5, 0.6) is 0 Å². The molecule has 1 spiro atoms. The van der Waals surface area contributed by atoms with Crippen molar-refractivity contribution in [2.75, 3.05) is 5.75 Å². The lowest BCUT2D eigenvalue weighted by Gasteiger charge is -2.38. The zero-order chi connectivity index (χ0) is 16.6. The summed E-state index contributed by atoms with van der Waals surface area (Å²) in [5.74, 6) is 1.11. The fraction of sp³-hybridized carbons (Fsp3) is 0.588. The van der Waals surface area contributed by atoms with E-state index in [9.17, 15) is 10.1 Å². The highest BCUT2D eigenvalue weighted by atomic mass is 32.2. The standard InChI is InChI=1S/C17H23N3O2S/c1-12(2)19-16(23-11-17(19)8-4-5-9-17)18-15-7-6-14(20(21)22)10-13(15)3/h6-7,10,12H,4-5,8-9,11H2,1-3H3/b18-16+. The third-order valence-electron chi connectivity index (χ3n) is 4.85. The molecule has 0 N–H and O–H groups in total. The Balaban J connectivity index is 1.94. The largest absolute Gasteiger partial charge is 0.342 e. The molecule has 0 aromatic heterocycles. The monoisotopic (exact) mass is 333 g/mol. The molecule has 2 fully saturated rings. The molecule has 1 aromatic rings. The number of non-ortho nitro benzene ring substituents is 1. The zero-order valence-electron chi connectivity index (χ0n) is 13.9. The summed E-state index contributed by atoms with van der Waals surface area (Å²) < 4.78 is 0. The Morgan fingerprint density at radius 3 is 2.61 bits per heavy atom. The summed E-state index contributed by atoms with van der Waals surface area (Å²) in [7, 11) is 0. The first-order chi connectivity index (χ1) is 10.9. The van der Waals surface area contributed by atoms with Crippen molar-refractivity contribution < 1.29 is 4.92 Å². The molecule has 0 unspecified atom stereocenters. The van der Waals surface area contributed by atoms with Crippen molar-refractivity contribution in [3.8, 4) is 0 Å². The molecular formula is C17H23N3O2S. The normalized spacial score (nSPS) is 21.7. The predicted molar refractivity (Wildman–Crippen MR) is 95.6 cm³/mol. The summed E-state index contributed by atoms with van der Waals surface area (Å²) in [6, 6.07) is 5.32. The van der Waals surface area contributed by atoms with Gasteiger partial charge in [-0.1, -0.05) is 24.6 Å². The molecule has 1 aliphatic heterocycles. The lowest BCUT2D eigenvalue weighted by Crippen LogP contribution is -2.49. The number of nitrogens with zero attached hydrogens (tertiary/aromatic N) is 3. The van der Waals surface area contributed by atoms with Crippen LogP contribution in [0.2, 0.25) is 0 Å². The van der Waals surface area contributed by atoms with Crippen LogP contribution in [0.1, 0.15) is 45.1 Å². The Kier molecular flexibility index (Phi) is 4.36. The molecule has 1 saturated heterocycles. The smallest absolute Gasteiger partial charge is 0.269 e. The minimum absolute atomic E-state index is 0.124. The van der Waals surface area contributed by atoms with E-state index >= 15 is 0 Å². The van der Waals surface area contributed by atoms with E-state index in [0.29, 0.717) is 6.04 Å². The summed E-state index contributed by atoms with van der Waals surface area (Å²) in [6.07, 6.45) is 5.09. The summed E-state index contributed by atoms with van der Waals surface area (Å²) in [5, 5.41) is 11.9. The van der Waals surface area contributed by atoms with Crippen LogP contribution in [0.3, 0.4) is 0 Å². The fourth-order valence-corrected chi connectivity index (χ4v) is 5.33. The van der Waals surface area contributed by atoms with Crippen LogP contribution in [0.15, 0.2) is 23.2 Å². The van der Waals surface area contributed by atoms with E-state index < -0.39 is 0 Å². The molecule has 2 aliphatic rings. The zero-order valence-corrected chi connectivity index (χ0v) is 14.7. The summed E-state index contributed by atoms with van der Waals surface area (Å²) in [5.41, 5.74) is 2.08. The summed E-state index contributed by atoms with van der Waals surface area (Å²) >= 11 is 1.83. The highest BCUT2D eigenvalue weighted by molar-refractivity contribution is 8.14. The molecule has 0 amide bonds. The molecule has 1 aliphatic carbocycles. The van der Waals surface area contributed by atoms with Gasteiger partial charge in [-0.15, -0.1) is 0 Å². The van der Waals surface area contributed by atoms with Crippen LogP contribution >= 0.6 is 11.8 Å². The molecule has 1 heterocycles. The lowest BCUT2D eigenvalue weighted by molar-refractivity contribution is -0.384. The van der Waals surface area contributed by atoms with Gasteiger partial charge in [-0.2, -0.15) is 0 Å². The van der Waals surface area contributed by atoms with Gasteiger partial charge in [0.2, 0.25) is 0 Å². The van der Waals surface area contributed by atoms with E-state index in [-0.39, 0.29) is 16.1 Å². The maximum Gasteiger partial charge on any atom is 0.269 e. The van der Waals surface area contributed by atoms with Gasteiger partial charge in [-0.05, 0) is 45.2 Å². The molecule has 23 heavy (non-hydrogen) atoms. The molecule has 0 bridgehead atoms. The molecule has 5 nitrogen and oxygen atoms in total. The third-order valence-corrected chi connectivity index (χ3v) is 6.07. The summed E-state index contributed by atoms with van der Waals surface area (Å²) in [4.78, 5) is 17.9. The van der Waals surface area contributed by atoms with Crippen LogP contribution in [0.4, 0.5) is 11.4 Å². The molecule has 124 valence electrons. The molecule has 1 aromatic carbocycles. The van der Waals surface area contributed by atoms with Gasteiger partial charge < -0.3 is 4.90 Å². The van der Waals surface area contributed by atoms with Crippen molar-refractivity contribution in [1.82, 2.24) is 4.90 Å². The second kappa shape index (κ2) is 6.15. The van der Waals surface area contributed by atoms with E-state index in [4.69, 9.17) is 4.99 Å². The Morgan fingerprint density at radius 1 is 1.35 bits per heavy atom. The first-order valence-electron chi connectivity index (χ1n) is 8.19. The van der Waals surface area contributed by atoms with Crippen LogP contribution in [0.25, 0.3) is 0 Å². The highest BCUT2D eigenvalue weighted by Crippen LogP contribution is 2.46. The van der Waals surface area contributed by atoms with Crippen molar-refractivity contribution in [3.05, 3.63) is 33.9 Å². The van der Waals surface area contributed by atoms with Crippen molar-refractivity contribution in [2.45, 2.75) is 58.0 Å². The topological polar surface area (TPSA) is 58.7 Å². The minimum Gasteiger partial charge on any atom is -0.342 e. The van der Waals surface area contributed by atoms with Crippen molar-refractivity contribution in [1.29, 1.82) is 0 Å². The number of rotatable bonds is 3. The Hall–Kier alpha value is -1.56. The third kappa shape index (κ3) is 2.96. The van der Waals surface area contributed by atoms with Gasteiger partial charge in [0, 0.05) is 23.9 Å². The Labute approximate surface area is 141 Å². The van der Waals surface area contributed by atoms with Crippen molar-refractivity contribution >= 4 is 28.3 Å². The number of thioether (sulfide) groups is 1. The number of benzene rings is 1. The molecule has 0 radical (unpaired) electrons. The van der Waals surface area contributed by atoms with E-state index in [0.717, 1.165) is 22.2 Å². The lowest BCUT2D eigenvalue weighted by atomic mass is 9.97. The van der Waals surface area contributed by atoms with Gasteiger partial charge in [0.05, 0.1) is 16.1 Å². The molecular weight excluding hydrogens is 310 g/mol. The fourth-order valence-electron chi connectivity index (χ4n) is 3.80. The second-order valence-electron chi connectivity index (χ2n) is 6.81. The number of hydrogen-bond donors (Lipinski definition) is 0. The van der Waals surface area contributed by atoms with Gasteiger partial charge >= 0.3 is 0 Å². The van der Waals surface area contributed by atoms with Crippen LogP contribution in [-0.2, 0) is 0 Å². The molecule has 0 atom stereocenters.